The third-order valence-corrected chi connectivity index (χ3v) is 3.87. The second-order valence-corrected chi connectivity index (χ2v) is 6.04. The van der Waals surface area contributed by atoms with Crippen LogP contribution in [0.4, 0.5) is 4.39 Å². The maximum Gasteiger partial charge on any atom is 0.306 e. The normalized spacial score (nSPS) is 10.9. The van der Waals surface area contributed by atoms with Crippen molar-refractivity contribution in [3.05, 3.63) is 35.1 Å². The van der Waals surface area contributed by atoms with Crippen LogP contribution >= 0.6 is 0 Å². The number of hydrogen-bond acceptors (Lipinski definition) is 5. The molecule has 0 saturated carbocycles. The van der Waals surface area contributed by atoms with Crippen LogP contribution in [-0.2, 0) is 26.1 Å². The number of rotatable bonds is 7. The summed E-state index contributed by atoms with van der Waals surface area (Å²) >= 11 is 0. The first-order valence-corrected chi connectivity index (χ1v) is 7.84. The summed E-state index contributed by atoms with van der Waals surface area (Å²) in [6, 6.07) is 5.54. The van der Waals surface area contributed by atoms with Crippen molar-refractivity contribution >= 4 is 16.0 Å². The quantitative estimate of drug-likeness (QED) is 0.759. The van der Waals surface area contributed by atoms with Crippen LogP contribution in [0.1, 0.15) is 24.5 Å². The van der Waals surface area contributed by atoms with Crippen LogP contribution in [-0.4, -0.2) is 26.7 Å². The average molecular weight is 314 g/mol. The number of carbonyl (C=O) groups is 1. The van der Waals surface area contributed by atoms with Crippen LogP contribution in [0.5, 0.6) is 0 Å². The standard InChI is InChI=1S/C13H15FN2O4S/c1-2-20-13(17)5-6-21(18,19)16-9-11-4-3-10(8-15)7-12(11)14/h3-4,7,16H,2,5-6,9H2,1H3. The van der Waals surface area contributed by atoms with E-state index >= 15 is 0 Å². The lowest BCUT2D eigenvalue weighted by atomic mass is 10.1. The number of hydrogen-bond donors (Lipinski definition) is 1. The zero-order valence-corrected chi connectivity index (χ0v) is 12.2. The van der Waals surface area contributed by atoms with Crippen molar-refractivity contribution in [3.8, 4) is 6.07 Å². The highest BCUT2D eigenvalue weighted by molar-refractivity contribution is 7.89. The lowest BCUT2D eigenvalue weighted by Crippen LogP contribution is -2.27. The zero-order chi connectivity index (χ0) is 15.9. The smallest absolute Gasteiger partial charge is 0.306 e. The molecule has 0 radical (unpaired) electrons. The molecule has 0 atom stereocenters. The Balaban J connectivity index is 2.58. The molecule has 0 saturated heterocycles. The Labute approximate surface area is 122 Å². The second kappa shape index (κ2) is 7.71. The van der Waals surface area contributed by atoms with Crippen molar-refractivity contribution < 1.29 is 22.3 Å². The molecule has 1 aromatic rings. The minimum Gasteiger partial charge on any atom is -0.466 e. The molecule has 1 N–H and O–H groups in total. The molecular formula is C13H15FN2O4S. The molecule has 114 valence electrons. The number of sulfonamides is 1. The van der Waals surface area contributed by atoms with Gasteiger partial charge in [0, 0.05) is 12.1 Å². The molecule has 0 heterocycles. The van der Waals surface area contributed by atoms with Gasteiger partial charge >= 0.3 is 5.97 Å². The fourth-order valence-electron chi connectivity index (χ4n) is 1.47. The van der Waals surface area contributed by atoms with Gasteiger partial charge in [-0.05, 0) is 19.1 Å². The van der Waals surface area contributed by atoms with Crippen molar-refractivity contribution in [2.45, 2.75) is 19.9 Å². The second-order valence-electron chi connectivity index (χ2n) is 4.11. The molecular weight excluding hydrogens is 299 g/mol. The van der Waals surface area contributed by atoms with Gasteiger partial charge in [0.15, 0.2) is 0 Å². The topological polar surface area (TPSA) is 96.3 Å². The SMILES string of the molecule is CCOC(=O)CCS(=O)(=O)NCc1ccc(C#N)cc1F. The molecule has 0 aromatic heterocycles. The summed E-state index contributed by atoms with van der Waals surface area (Å²) in [4.78, 5) is 11.1. The van der Waals surface area contributed by atoms with Gasteiger partial charge in [0.1, 0.15) is 5.82 Å². The molecule has 0 unspecified atom stereocenters. The molecule has 0 bridgehead atoms. The Morgan fingerprint density at radius 2 is 2.19 bits per heavy atom. The van der Waals surface area contributed by atoms with Crippen molar-refractivity contribution in [1.29, 1.82) is 5.26 Å². The largest absolute Gasteiger partial charge is 0.466 e. The molecule has 21 heavy (non-hydrogen) atoms. The summed E-state index contributed by atoms with van der Waals surface area (Å²) in [6.45, 7) is 1.56. The molecule has 0 aliphatic heterocycles. The van der Waals surface area contributed by atoms with Crippen molar-refractivity contribution in [2.24, 2.45) is 0 Å². The van der Waals surface area contributed by atoms with Gasteiger partial charge in [-0.3, -0.25) is 4.79 Å². The summed E-state index contributed by atoms with van der Waals surface area (Å²) < 4.78 is 43.7. The zero-order valence-electron chi connectivity index (χ0n) is 11.4. The molecule has 0 spiro atoms. The number of carbonyl (C=O) groups excluding carboxylic acids is 1. The molecule has 0 aliphatic carbocycles. The van der Waals surface area contributed by atoms with Gasteiger partial charge in [-0.1, -0.05) is 6.07 Å². The number of esters is 1. The predicted molar refractivity (Wildman–Crippen MR) is 73.0 cm³/mol. The van der Waals surface area contributed by atoms with Gasteiger partial charge < -0.3 is 4.74 Å². The van der Waals surface area contributed by atoms with Crippen LogP contribution in [0.2, 0.25) is 0 Å². The third kappa shape index (κ3) is 5.89. The van der Waals surface area contributed by atoms with E-state index in [4.69, 9.17) is 5.26 Å². The monoisotopic (exact) mass is 314 g/mol. The van der Waals surface area contributed by atoms with Gasteiger partial charge in [0.05, 0.1) is 30.4 Å². The van der Waals surface area contributed by atoms with E-state index in [2.05, 4.69) is 9.46 Å². The van der Waals surface area contributed by atoms with E-state index in [1.54, 1.807) is 13.0 Å². The predicted octanol–water partition coefficient (Wildman–Crippen LogP) is 1.07. The van der Waals surface area contributed by atoms with Crippen LogP contribution in [0.15, 0.2) is 18.2 Å². The Bertz CT molecular complexity index is 653. The van der Waals surface area contributed by atoms with Crippen molar-refractivity contribution in [1.82, 2.24) is 4.72 Å². The highest BCUT2D eigenvalue weighted by Crippen LogP contribution is 2.10. The van der Waals surface area contributed by atoms with E-state index in [0.29, 0.717) is 0 Å². The number of nitrogens with zero attached hydrogens (tertiary/aromatic N) is 1. The molecule has 8 heteroatoms. The molecule has 1 rings (SSSR count). The van der Waals surface area contributed by atoms with Gasteiger partial charge in [0.25, 0.3) is 0 Å². The summed E-state index contributed by atoms with van der Waals surface area (Å²) in [7, 11) is -3.71. The van der Waals surface area contributed by atoms with E-state index in [-0.39, 0.29) is 30.7 Å². The fraction of sp³-hybridized carbons (Fsp3) is 0.385. The van der Waals surface area contributed by atoms with E-state index in [9.17, 15) is 17.6 Å². The highest BCUT2D eigenvalue weighted by Gasteiger charge is 2.14. The van der Waals surface area contributed by atoms with Crippen LogP contribution < -0.4 is 4.72 Å². The molecule has 6 nitrogen and oxygen atoms in total. The highest BCUT2D eigenvalue weighted by atomic mass is 32.2. The van der Waals surface area contributed by atoms with Gasteiger partial charge in [0.2, 0.25) is 10.0 Å². The first-order chi connectivity index (χ1) is 9.88. The molecule has 0 amide bonds. The van der Waals surface area contributed by atoms with Crippen molar-refractivity contribution in [2.75, 3.05) is 12.4 Å². The minimum absolute atomic E-state index is 0.119. The average Bonchev–Trinajstić information content (AvgIpc) is 2.44. The fourth-order valence-corrected chi connectivity index (χ4v) is 2.43. The number of nitriles is 1. The first-order valence-electron chi connectivity index (χ1n) is 6.19. The van der Waals surface area contributed by atoms with E-state index < -0.39 is 27.6 Å². The number of benzene rings is 1. The number of ether oxygens (including phenoxy) is 1. The summed E-state index contributed by atoms with van der Waals surface area (Å²) in [5, 5.41) is 8.61. The third-order valence-electron chi connectivity index (χ3n) is 2.54. The van der Waals surface area contributed by atoms with Crippen LogP contribution in [0.25, 0.3) is 0 Å². The van der Waals surface area contributed by atoms with Crippen LogP contribution in [0, 0.1) is 17.1 Å². The lowest BCUT2D eigenvalue weighted by Gasteiger charge is -2.07. The number of nitrogens with one attached hydrogen (secondary N) is 1. The van der Waals surface area contributed by atoms with Gasteiger partial charge in [-0.25, -0.2) is 17.5 Å². The van der Waals surface area contributed by atoms with E-state index in [0.717, 1.165) is 6.07 Å². The Kier molecular flexibility index (Phi) is 6.27. The first kappa shape index (κ1) is 17.1. The Morgan fingerprint density at radius 3 is 2.76 bits per heavy atom. The van der Waals surface area contributed by atoms with E-state index in [1.807, 2.05) is 0 Å². The maximum absolute atomic E-state index is 13.6. The van der Waals surface area contributed by atoms with Crippen LogP contribution in [0.3, 0.4) is 0 Å². The van der Waals surface area contributed by atoms with Crippen molar-refractivity contribution in [3.63, 3.8) is 0 Å². The van der Waals surface area contributed by atoms with E-state index in [1.165, 1.54) is 12.1 Å². The summed E-state index contributed by atoms with van der Waals surface area (Å²) in [5.74, 6) is -1.70. The van der Waals surface area contributed by atoms with Gasteiger partial charge in [-0.2, -0.15) is 5.26 Å². The molecule has 0 fully saturated rings. The lowest BCUT2D eigenvalue weighted by molar-refractivity contribution is -0.142. The Hall–Kier alpha value is -1.98. The minimum atomic E-state index is -3.71. The van der Waals surface area contributed by atoms with Gasteiger partial charge in [-0.15, -0.1) is 0 Å². The molecule has 1 aromatic carbocycles. The summed E-state index contributed by atoms with van der Waals surface area (Å²) in [6.07, 6.45) is -0.265. The Morgan fingerprint density at radius 1 is 1.48 bits per heavy atom. The molecule has 0 aliphatic rings. The number of halogens is 1. The maximum atomic E-state index is 13.6. The summed E-state index contributed by atoms with van der Waals surface area (Å²) in [5.41, 5.74) is 0.273.